The Balaban J connectivity index is 1.43. The maximum Gasteiger partial charge on any atom is 0.255 e. The predicted molar refractivity (Wildman–Crippen MR) is 96.8 cm³/mol. The zero-order valence-corrected chi connectivity index (χ0v) is 14.9. The van der Waals surface area contributed by atoms with Crippen molar-refractivity contribution in [2.45, 2.75) is 25.0 Å². The van der Waals surface area contributed by atoms with Crippen molar-refractivity contribution in [2.75, 3.05) is 18.4 Å². The van der Waals surface area contributed by atoms with Crippen LogP contribution >= 0.6 is 11.6 Å². The third-order valence-corrected chi connectivity index (χ3v) is 5.48. The summed E-state index contributed by atoms with van der Waals surface area (Å²) in [7, 11) is 0. The summed E-state index contributed by atoms with van der Waals surface area (Å²) in [6, 6.07) is 1.56. The Labute approximate surface area is 156 Å². The number of amides is 1. The van der Waals surface area contributed by atoms with Gasteiger partial charge in [-0.05, 0) is 30.7 Å². The van der Waals surface area contributed by atoms with Gasteiger partial charge in [-0.15, -0.1) is 0 Å². The number of aromatic nitrogens is 3. The summed E-state index contributed by atoms with van der Waals surface area (Å²) in [5.74, 6) is 1.26. The van der Waals surface area contributed by atoms with Gasteiger partial charge < -0.3 is 15.3 Å². The summed E-state index contributed by atoms with van der Waals surface area (Å²) in [5, 5.41) is 14.2. The van der Waals surface area contributed by atoms with Crippen LogP contribution in [0.4, 0.5) is 5.82 Å². The number of aliphatic hydroxyl groups is 1. The Hall–Kier alpha value is -2.25. The highest BCUT2D eigenvalue weighted by Gasteiger charge is 2.43. The molecule has 26 heavy (non-hydrogen) atoms. The molecule has 2 aromatic heterocycles. The van der Waals surface area contributed by atoms with E-state index in [9.17, 15) is 9.90 Å². The molecule has 1 aliphatic carbocycles. The molecule has 2 N–H and O–H groups in total. The van der Waals surface area contributed by atoms with Crippen molar-refractivity contribution in [1.82, 2.24) is 19.9 Å². The second-order valence-corrected chi connectivity index (χ2v) is 7.44. The quantitative estimate of drug-likeness (QED) is 0.853. The van der Waals surface area contributed by atoms with E-state index in [1.165, 1.54) is 6.20 Å². The van der Waals surface area contributed by atoms with Gasteiger partial charge >= 0.3 is 0 Å². The first-order valence-electron chi connectivity index (χ1n) is 8.70. The van der Waals surface area contributed by atoms with Gasteiger partial charge in [-0.1, -0.05) is 11.6 Å². The average Bonchev–Trinajstić information content (AvgIpc) is 3.05. The predicted octanol–water partition coefficient (Wildman–Crippen LogP) is 1.85. The molecule has 0 bridgehead atoms. The van der Waals surface area contributed by atoms with Crippen molar-refractivity contribution in [1.29, 1.82) is 0 Å². The lowest BCUT2D eigenvalue weighted by molar-refractivity contribution is 0.0727. The Morgan fingerprint density at radius 3 is 2.69 bits per heavy atom. The minimum absolute atomic E-state index is 0.0534. The molecule has 4 atom stereocenters. The maximum absolute atomic E-state index is 12.7. The molecular weight excluding hydrogens is 354 g/mol. The molecule has 2 fully saturated rings. The van der Waals surface area contributed by atoms with Crippen molar-refractivity contribution in [3.63, 3.8) is 0 Å². The molecule has 0 spiro atoms. The summed E-state index contributed by atoms with van der Waals surface area (Å²) < 4.78 is 0. The van der Waals surface area contributed by atoms with Gasteiger partial charge in [0.25, 0.3) is 5.91 Å². The van der Waals surface area contributed by atoms with E-state index < -0.39 is 6.10 Å². The molecule has 0 aromatic carbocycles. The molecule has 1 aliphatic heterocycles. The number of anilines is 1. The number of hydrogen-bond acceptors (Lipinski definition) is 6. The molecule has 8 heteroatoms. The number of nitrogens with zero attached hydrogens (tertiary/aromatic N) is 4. The molecule has 2 aromatic rings. The first-order valence-corrected chi connectivity index (χ1v) is 9.08. The highest BCUT2D eigenvalue weighted by Crippen LogP contribution is 2.38. The van der Waals surface area contributed by atoms with Crippen LogP contribution in [-0.4, -0.2) is 56.1 Å². The maximum atomic E-state index is 12.7. The van der Waals surface area contributed by atoms with Gasteiger partial charge in [0.2, 0.25) is 0 Å². The standard InChI is InChI=1S/C18H20ClN5O2/c19-14-3-11(6-21-7-14)18(26)24-9-12-4-15(16(25)5-13(12)10-24)23-17-8-20-1-2-22-17/h1-3,6-8,12-13,15-16,25H,4-5,9-10H2,(H,22,23)/t12-,13+,15-,16-/m1/s1. The second-order valence-electron chi connectivity index (χ2n) is 7.00. The van der Waals surface area contributed by atoms with Crippen LogP contribution in [0.5, 0.6) is 0 Å². The van der Waals surface area contributed by atoms with E-state index in [1.807, 2.05) is 4.90 Å². The van der Waals surface area contributed by atoms with Crippen LogP contribution in [0, 0.1) is 11.8 Å². The van der Waals surface area contributed by atoms with E-state index >= 15 is 0 Å². The summed E-state index contributed by atoms with van der Waals surface area (Å²) in [4.78, 5) is 26.8. The first kappa shape index (κ1) is 17.2. The Kier molecular flexibility index (Phi) is 4.74. The molecule has 3 heterocycles. The fourth-order valence-corrected chi connectivity index (χ4v) is 4.20. The summed E-state index contributed by atoms with van der Waals surface area (Å²) >= 11 is 5.95. The molecule has 2 aliphatic rings. The van der Waals surface area contributed by atoms with Crippen LogP contribution in [0.1, 0.15) is 23.2 Å². The number of hydrogen-bond donors (Lipinski definition) is 2. The number of carbonyl (C=O) groups excluding carboxylic acids is 1. The highest BCUT2D eigenvalue weighted by atomic mass is 35.5. The zero-order chi connectivity index (χ0) is 18.1. The topological polar surface area (TPSA) is 91.2 Å². The second kappa shape index (κ2) is 7.17. The highest BCUT2D eigenvalue weighted by molar-refractivity contribution is 6.30. The van der Waals surface area contributed by atoms with Crippen LogP contribution in [0.2, 0.25) is 5.02 Å². The minimum Gasteiger partial charge on any atom is -0.391 e. The molecule has 136 valence electrons. The van der Waals surface area contributed by atoms with Gasteiger partial charge in [0.05, 0.1) is 28.9 Å². The van der Waals surface area contributed by atoms with Crippen LogP contribution < -0.4 is 5.32 Å². The average molecular weight is 374 g/mol. The van der Waals surface area contributed by atoms with Crippen molar-refractivity contribution < 1.29 is 9.90 Å². The van der Waals surface area contributed by atoms with Gasteiger partial charge in [-0.3, -0.25) is 14.8 Å². The smallest absolute Gasteiger partial charge is 0.255 e. The Morgan fingerprint density at radius 2 is 1.96 bits per heavy atom. The number of nitrogens with one attached hydrogen (secondary N) is 1. The number of likely N-dealkylation sites (tertiary alicyclic amines) is 1. The monoisotopic (exact) mass is 373 g/mol. The molecular formula is C18H20ClN5O2. The van der Waals surface area contributed by atoms with Crippen molar-refractivity contribution in [3.05, 3.63) is 47.6 Å². The van der Waals surface area contributed by atoms with Gasteiger partial charge in [0.15, 0.2) is 0 Å². The molecule has 0 radical (unpaired) electrons. The number of rotatable bonds is 3. The molecule has 4 rings (SSSR count). The number of fused-ring (bicyclic) bond motifs is 1. The fraction of sp³-hybridized carbons (Fsp3) is 0.444. The van der Waals surface area contributed by atoms with Crippen molar-refractivity contribution >= 4 is 23.3 Å². The van der Waals surface area contributed by atoms with E-state index in [0.717, 1.165) is 6.42 Å². The molecule has 7 nitrogen and oxygen atoms in total. The van der Waals surface area contributed by atoms with E-state index in [2.05, 4.69) is 20.3 Å². The van der Waals surface area contributed by atoms with Crippen LogP contribution in [-0.2, 0) is 0 Å². The lowest BCUT2D eigenvalue weighted by atomic mass is 9.77. The fourth-order valence-electron chi connectivity index (χ4n) is 4.03. The van der Waals surface area contributed by atoms with Gasteiger partial charge in [0.1, 0.15) is 5.82 Å². The van der Waals surface area contributed by atoms with Crippen LogP contribution in [0.3, 0.4) is 0 Å². The summed E-state index contributed by atoms with van der Waals surface area (Å²) in [6.45, 7) is 1.34. The number of halogens is 1. The van der Waals surface area contributed by atoms with E-state index in [0.29, 0.717) is 47.8 Å². The summed E-state index contributed by atoms with van der Waals surface area (Å²) in [5.41, 5.74) is 0.505. The van der Waals surface area contributed by atoms with Crippen LogP contribution in [0.15, 0.2) is 37.1 Å². The van der Waals surface area contributed by atoms with Gasteiger partial charge in [-0.2, -0.15) is 0 Å². The molecule has 1 saturated carbocycles. The van der Waals surface area contributed by atoms with Crippen LogP contribution in [0.25, 0.3) is 0 Å². The van der Waals surface area contributed by atoms with Gasteiger partial charge in [-0.25, -0.2) is 4.98 Å². The zero-order valence-electron chi connectivity index (χ0n) is 14.1. The van der Waals surface area contributed by atoms with Gasteiger partial charge in [0, 0.05) is 37.9 Å². The normalized spacial score (nSPS) is 27.8. The molecule has 1 amide bonds. The Bertz CT molecular complexity index is 790. The first-order chi connectivity index (χ1) is 12.6. The van der Waals surface area contributed by atoms with E-state index in [4.69, 9.17) is 11.6 Å². The molecule has 1 saturated heterocycles. The Morgan fingerprint density at radius 1 is 1.15 bits per heavy atom. The third-order valence-electron chi connectivity index (χ3n) is 5.28. The largest absolute Gasteiger partial charge is 0.391 e. The van der Waals surface area contributed by atoms with E-state index in [-0.39, 0.29) is 11.9 Å². The van der Waals surface area contributed by atoms with Crippen molar-refractivity contribution in [3.8, 4) is 0 Å². The lowest BCUT2D eigenvalue weighted by Gasteiger charge is -2.35. The molecule has 0 unspecified atom stereocenters. The number of aliphatic hydroxyl groups excluding tert-OH is 1. The SMILES string of the molecule is O=C(c1cncc(Cl)c1)N1C[C@H]2C[C@@H](Nc3cnccn3)[C@H](O)C[C@H]2C1. The number of pyridine rings is 1. The van der Waals surface area contributed by atoms with Crippen molar-refractivity contribution in [2.24, 2.45) is 11.8 Å². The lowest BCUT2D eigenvalue weighted by Crippen LogP contribution is -2.43. The minimum atomic E-state index is -0.471. The summed E-state index contributed by atoms with van der Waals surface area (Å²) in [6.07, 6.45) is 8.93. The number of carbonyl (C=O) groups is 1. The third kappa shape index (κ3) is 3.50. The van der Waals surface area contributed by atoms with E-state index in [1.54, 1.807) is 30.9 Å².